The van der Waals surface area contributed by atoms with Gasteiger partial charge in [0.05, 0.1) is 11.9 Å². The lowest BCUT2D eigenvalue weighted by atomic mass is 10.1. The summed E-state index contributed by atoms with van der Waals surface area (Å²) < 4.78 is 25.6. The van der Waals surface area contributed by atoms with E-state index in [0.29, 0.717) is 11.4 Å². The molecular weight excluding hydrogens is 336 g/mol. The summed E-state index contributed by atoms with van der Waals surface area (Å²) in [5, 5.41) is 2.78. The van der Waals surface area contributed by atoms with E-state index in [-0.39, 0.29) is 12.5 Å². The normalized spacial score (nSPS) is 11.2. The third-order valence-electron chi connectivity index (χ3n) is 4.04. The summed E-state index contributed by atoms with van der Waals surface area (Å²) in [5.41, 5.74) is 5.07. The van der Waals surface area contributed by atoms with Gasteiger partial charge in [0.25, 0.3) is 0 Å². The van der Waals surface area contributed by atoms with Crippen LogP contribution in [0.2, 0.25) is 0 Å². The van der Waals surface area contributed by atoms with Crippen LogP contribution in [0.1, 0.15) is 22.3 Å². The van der Waals surface area contributed by atoms with Gasteiger partial charge in [-0.3, -0.25) is 9.10 Å². The van der Waals surface area contributed by atoms with Gasteiger partial charge in [0.2, 0.25) is 15.9 Å². The van der Waals surface area contributed by atoms with Gasteiger partial charge in [0, 0.05) is 5.69 Å². The predicted molar refractivity (Wildman–Crippen MR) is 103 cm³/mol. The van der Waals surface area contributed by atoms with Gasteiger partial charge >= 0.3 is 0 Å². The standard InChI is InChI=1S/C19H24N2O3S/c1-13-9-14(2)11-17(10-13)20-19(22)12-21(25(5,23)24)18-8-6-7-15(3)16(18)4/h6-11H,12H2,1-5H3,(H,20,22). The molecule has 2 aromatic rings. The smallest absolute Gasteiger partial charge is 0.245 e. The Kier molecular flexibility index (Phi) is 5.52. The Balaban J connectivity index is 2.29. The minimum atomic E-state index is -3.59. The highest BCUT2D eigenvalue weighted by atomic mass is 32.2. The van der Waals surface area contributed by atoms with Crippen LogP contribution in [-0.2, 0) is 14.8 Å². The molecule has 0 aromatic heterocycles. The van der Waals surface area contributed by atoms with Gasteiger partial charge in [-0.15, -0.1) is 0 Å². The van der Waals surface area contributed by atoms with Crippen LogP contribution in [0, 0.1) is 27.7 Å². The Hall–Kier alpha value is -2.34. The fourth-order valence-corrected chi connectivity index (χ4v) is 3.67. The molecule has 0 aliphatic rings. The Bertz CT molecular complexity index is 885. The zero-order chi connectivity index (χ0) is 18.8. The molecule has 0 fully saturated rings. The van der Waals surface area contributed by atoms with E-state index in [9.17, 15) is 13.2 Å². The van der Waals surface area contributed by atoms with Crippen molar-refractivity contribution in [3.63, 3.8) is 0 Å². The molecular formula is C19H24N2O3S. The second-order valence-corrected chi connectivity index (χ2v) is 8.32. The van der Waals surface area contributed by atoms with Crippen LogP contribution in [0.25, 0.3) is 0 Å². The molecule has 0 atom stereocenters. The monoisotopic (exact) mass is 360 g/mol. The number of amides is 1. The Morgan fingerprint density at radius 1 is 1.04 bits per heavy atom. The van der Waals surface area contributed by atoms with Gasteiger partial charge in [0.1, 0.15) is 6.54 Å². The van der Waals surface area contributed by atoms with Gasteiger partial charge in [-0.05, 0) is 68.1 Å². The number of anilines is 2. The zero-order valence-corrected chi connectivity index (χ0v) is 16.1. The van der Waals surface area contributed by atoms with Gasteiger partial charge in [-0.2, -0.15) is 0 Å². The van der Waals surface area contributed by atoms with Gasteiger partial charge < -0.3 is 5.32 Å². The highest BCUT2D eigenvalue weighted by molar-refractivity contribution is 7.92. The molecule has 134 valence electrons. The lowest BCUT2D eigenvalue weighted by molar-refractivity contribution is -0.114. The third kappa shape index (κ3) is 4.82. The van der Waals surface area contributed by atoms with E-state index in [1.807, 2.05) is 52.0 Å². The summed E-state index contributed by atoms with van der Waals surface area (Å²) in [5.74, 6) is -0.378. The number of nitrogens with one attached hydrogen (secondary N) is 1. The number of sulfonamides is 1. The van der Waals surface area contributed by atoms with Crippen LogP contribution in [0.4, 0.5) is 11.4 Å². The molecule has 0 saturated heterocycles. The fraction of sp³-hybridized carbons (Fsp3) is 0.316. The summed E-state index contributed by atoms with van der Waals surface area (Å²) in [6.45, 7) is 7.39. The van der Waals surface area contributed by atoms with Crippen molar-refractivity contribution in [2.75, 3.05) is 22.4 Å². The number of aryl methyl sites for hydroxylation is 3. The molecule has 0 saturated carbocycles. The summed E-state index contributed by atoms with van der Waals surface area (Å²) in [7, 11) is -3.59. The number of hydrogen-bond acceptors (Lipinski definition) is 3. The maximum Gasteiger partial charge on any atom is 0.245 e. The van der Waals surface area contributed by atoms with E-state index in [1.165, 1.54) is 0 Å². The second-order valence-electron chi connectivity index (χ2n) is 6.41. The quantitative estimate of drug-likeness (QED) is 0.889. The predicted octanol–water partition coefficient (Wildman–Crippen LogP) is 3.32. The summed E-state index contributed by atoms with van der Waals surface area (Å²) in [6.07, 6.45) is 1.11. The van der Waals surface area contributed by atoms with Crippen molar-refractivity contribution in [3.8, 4) is 0 Å². The molecule has 0 heterocycles. The maximum absolute atomic E-state index is 12.4. The van der Waals surface area contributed by atoms with Crippen molar-refractivity contribution in [1.29, 1.82) is 0 Å². The van der Waals surface area contributed by atoms with Crippen LogP contribution in [0.3, 0.4) is 0 Å². The lowest BCUT2D eigenvalue weighted by Crippen LogP contribution is -2.38. The molecule has 0 aliphatic carbocycles. The van der Waals surface area contributed by atoms with Crippen molar-refractivity contribution in [2.45, 2.75) is 27.7 Å². The molecule has 1 N–H and O–H groups in total. The fourth-order valence-electron chi connectivity index (χ4n) is 2.76. The van der Waals surface area contributed by atoms with Crippen LogP contribution in [0.5, 0.6) is 0 Å². The van der Waals surface area contributed by atoms with Gasteiger partial charge in [0.15, 0.2) is 0 Å². The first-order valence-electron chi connectivity index (χ1n) is 8.00. The molecule has 0 radical (unpaired) electrons. The molecule has 2 aromatic carbocycles. The number of benzene rings is 2. The average Bonchev–Trinajstić information content (AvgIpc) is 2.46. The first kappa shape index (κ1) is 19.0. The lowest BCUT2D eigenvalue weighted by Gasteiger charge is -2.24. The minimum absolute atomic E-state index is 0.268. The van der Waals surface area contributed by atoms with Gasteiger partial charge in [-0.1, -0.05) is 18.2 Å². The van der Waals surface area contributed by atoms with Crippen LogP contribution >= 0.6 is 0 Å². The van der Waals surface area contributed by atoms with Crippen LogP contribution < -0.4 is 9.62 Å². The van der Waals surface area contributed by atoms with E-state index >= 15 is 0 Å². The molecule has 0 unspecified atom stereocenters. The first-order valence-corrected chi connectivity index (χ1v) is 9.85. The molecule has 2 rings (SSSR count). The number of carbonyl (C=O) groups excluding carboxylic acids is 1. The van der Waals surface area contributed by atoms with Crippen molar-refractivity contribution in [1.82, 2.24) is 0 Å². The highest BCUT2D eigenvalue weighted by Crippen LogP contribution is 2.25. The largest absolute Gasteiger partial charge is 0.324 e. The molecule has 0 spiro atoms. The third-order valence-corrected chi connectivity index (χ3v) is 5.16. The first-order chi connectivity index (χ1) is 11.6. The van der Waals surface area contributed by atoms with Crippen molar-refractivity contribution in [2.24, 2.45) is 0 Å². The van der Waals surface area contributed by atoms with E-state index < -0.39 is 10.0 Å². The minimum Gasteiger partial charge on any atom is -0.324 e. The molecule has 0 bridgehead atoms. The van der Waals surface area contributed by atoms with Gasteiger partial charge in [-0.25, -0.2) is 8.42 Å². The van der Waals surface area contributed by atoms with E-state index in [2.05, 4.69) is 5.32 Å². The van der Waals surface area contributed by atoms with E-state index in [4.69, 9.17) is 0 Å². The van der Waals surface area contributed by atoms with Crippen LogP contribution in [-0.4, -0.2) is 27.1 Å². The van der Waals surface area contributed by atoms with Crippen molar-refractivity contribution < 1.29 is 13.2 Å². The summed E-state index contributed by atoms with van der Waals surface area (Å²) >= 11 is 0. The Labute approximate surface area is 149 Å². The summed E-state index contributed by atoms with van der Waals surface area (Å²) in [4.78, 5) is 12.4. The number of carbonyl (C=O) groups is 1. The molecule has 1 amide bonds. The molecule has 5 nitrogen and oxygen atoms in total. The zero-order valence-electron chi connectivity index (χ0n) is 15.3. The topological polar surface area (TPSA) is 66.5 Å². The second kappa shape index (κ2) is 7.27. The van der Waals surface area contributed by atoms with E-state index in [0.717, 1.165) is 32.8 Å². The summed E-state index contributed by atoms with van der Waals surface area (Å²) in [6, 6.07) is 11.1. The number of hydrogen-bond donors (Lipinski definition) is 1. The Morgan fingerprint density at radius 3 is 2.20 bits per heavy atom. The molecule has 0 aliphatic heterocycles. The average molecular weight is 360 g/mol. The van der Waals surface area contributed by atoms with Crippen molar-refractivity contribution >= 4 is 27.3 Å². The number of nitrogens with zero attached hydrogens (tertiary/aromatic N) is 1. The molecule has 6 heteroatoms. The van der Waals surface area contributed by atoms with E-state index in [1.54, 1.807) is 12.1 Å². The Morgan fingerprint density at radius 2 is 1.64 bits per heavy atom. The number of rotatable bonds is 5. The van der Waals surface area contributed by atoms with Crippen molar-refractivity contribution in [3.05, 3.63) is 58.7 Å². The SMILES string of the molecule is Cc1cc(C)cc(NC(=O)CN(c2cccc(C)c2C)S(C)(=O)=O)c1. The van der Waals surface area contributed by atoms with Crippen LogP contribution in [0.15, 0.2) is 36.4 Å². The maximum atomic E-state index is 12.4. The highest BCUT2D eigenvalue weighted by Gasteiger charge is 2.22. The molecule has 25 heavy (non-hydrogen) atoms.